The van der Waals surface area contributed by atoms with Gasteiger partial charge in [-0.05, 0) is 62.2 Å². The maximum absolute atomic E-state index is 3.63. The van der Waals surface area contributed by atoms with Crippen LogP contribution >= 0.6 is 0 Å². The largest absolute Gasteiger partial charge is 0.355 e. The highest BCUT2D eigenvalue weighted by atomic mass is 14.9. The Morgan fingerprint density at radius 2 is 1.00 bits per heavy atom. The molecule has 5 aromatic carbocycles. The van der Waals surface area contributed by atoms with Gasteiger partial charge < -0.3 is 5.32 Å². The zero-order valence-electron chi connectivity index (χ0n) is 19.5. The number of anilines is 2. The summed E-state index contributed by atoms with van der Waals surface area (Å²) < 4.78 is 0. The van der Waals surface area contributed by atoms with Gasteiger partial charge in [-0.25, -0.2) is 0 Å². The van der Waals surface area contributed by atoms with Crippen LogP contribution in [0.1, 0.15) is 26.3 Å². The molecule has 0 bridgehead atoms. The van der Waals surface area contributed by atoms with Crippen LogP contribution in [0.25, 0.3) is 33.0 Å². The van der Waals surface area contributed by atoms with Gasteiger partial charge in [0.05, 0.1) is 0 Å². The van der Waals surface area contributed by atoms with E-state index in [1.165, 1.54) is 38.6 Å². The van der Waals surface area contributed by atoms with Crippen molar-refractivity contribution in [1.29, 1.82) is 0 Å². The van der Waals surface area contributed by atoms with E-state index < -0.39 is 0 Å². The van der Waals surface area contributed by atoms with Gasteiger partial charge in [-0.3, -0.25) is 0 Å². The molecule has 5 aromatic rings. The Morgan fingerprint density at radius 1 is 0.485 bits per heavy atom. The molecular weight excluding hydrogens is 398 g/mol. The summed E-state index contributed by atoms with van der Waals surface area (Å²) in [6, 6.07) is 41.2. The van der Waals surface area contributed by atoms with Crippen molar-refractivity contribution < 1.29 is 0 Å². The van der Waals surface area contributed by atoms with Gasteiger partial charge in [-0.15, -0.1) is 0 Å². The summed E-state index contributed by atoms with van der Waals surface area (Å²) in [5.74, 6) is 0. The Hall–Kier alpha value is -3.84. The lowest BCUT2D eigenvalue weighted by Gasteiger charge is -2.23. The maximum Gasteiger partial charge on any atom is 0.0422 e. The standard InChI is InChI=1S/C32H29N/c1-32(2,3)30-15-9-10-16-31(30)33-25-19-17-24(18-20-25)27-22-21-26(23-11-5-4-6-12-23)28-13-7-8-14-29(27)28/h4-22,33H,1-3H3. The first-order valence-electron chi connectivity index (χ1n) is 11.5. The molecule has 0 aliphatic carbocycles. The van der Waals surface area contributed by atoms with Crippen molar-refractivity contribution in [2.24, 2.45) is 0 Å². The molecular formula is C32H29N. The third-order valence-corrected chi connectivity index (χ3v) is 6.22. The summed E-state index contributed by atoms with van der Waals surface area (Å²) in [5.41, 5.74) is 8.66. The average Bonchev–Trinajstić information content (AvgIpc) is 2.84. The van der Waals surface area contributed by atoms with Crippen molar-refractivity contribution in [3.63, 3.8) is 0 Å². The number of rotatable bonds is 4. The fourth-order valence-corrected chi connectivity index (χ4v) is 4.55. The molecule has 0 saturated heterocycles. The van der Waals surface area contributed by atoms with Crippen molar-refractivity contribution >= 4 is 22.1 Å². The van der Waals surface area contributed by atoms with E-state index in [1.807, 2.05) is 0 Å². The van der Waals surface area contributed by atoms with Crippen molar-refractivity contribution in [3.8, 4) is 22.3 Å². The fraction of sp³-hybridized carbons (Fsp3) is 0.125. The first-order valence-corrected chi connectivity index (χ1v) is 11.5. The van der Waals surface area contributed by atoms with Crippen LogP contribution in [0.15, 0.2) is 115 Å². The summed E-state index contributed by atoms with van der Waals surface area (Å²) >= 11 is 0. The highest BCUT2D eigenvalue weighted by Gasteiger charge is 2.17. The summed E-state index contributed by atoms with van der Waals surface area (Å²) in [4.78, 5) is 0. The first kappa shape index (κ1) is 21.0. The minimum Gasteiger partial charge on any atom is -0.355 e. The third-order valence-electron chi connectivity index (χ3n) is 6.22. The summed E-state index contributed by atoms with van der Waals surface area (Å²) in [6.45, 7) is 6.75. The molecule has 1 nitrogen and oxygen atoms in total. The van der Waals surface area contributed by atoms with Gasteiger partial charge in [0, 0.05) is 11.4 Å². The Bertz CT molecular complexity index is 1390. The second kappa shape index (κ2) is 8.60. The van der Waals surface area contributed by atoms with Gasteiger partial charge in [-0.1, -0.05) is 118 Å². The molecule has 5 rings (SSSR count). The predicted molar refractivity (Wildman–Crippen MR) is 143 cm³/mol. The zero-order valence-corrected chi connectivity index (χ0v) is 19.5. The second-order valence-electron chi connectivity index (χ2n) is 9.57. The van der Waals surface area contributed by atoms with Crippen LogP contribution in [0.2, 0.25) is 0 Å². The molecule has 0 aliphatic rings. The number of hydrogen-bond acceptors (Lipinski definition) is 1. The minimum absolute atomic E-state index is 0.0863. The molecule has 0 atom stereocenters. The van der Waals surface area contributed by atoms with E-state index in [2.05, 4.69) is 141 Å². The Kier molecular flexibility index (Phi) is 5.48. The topological polar surface area (TPSA) is 12.0 Å². The normalized spacial score (nSPS) is 11.5. The van der Waals surface area contributed by atoms with Gasteiger partial charge in [-0.2, -0.15) is 0 Å². The molecule has 0 heterocycles. The van der Waals surface area contributed by atoms with Crippen LogP contribution < -0.4 is 5.32 Å². The van der Waals surface area contributed by atoms with Gasteiger partial charge in [0.1, 0.15) is 0 Å². The average molecular weight is 428 g/mol. The van der Waals surface area contributed by atoms with Crippen LogP contribution in [-0.2, 0) is 5.41 Å². The first-order chi connectivity index (χ1) is 16.0. The molecule has 162 valence electrons. The van der Waals surface area contributed by atoms with Crippen molar-refractivity contribution in [1.82, 2.24) is 0 Å². The summed E-state index contributed by atoms with van der Waals surface area (Å²) in [7, 11) is 0. The molecule has 1 heteroatoms. The Morgan fingerprint density at radius 3 is 1.61 bits per heavy atom. The SMILES string of the molecule is CC(C)(C)c1ccccc1Nc1ccc(-c2ccc(-c3ccccc3)c3ccccc23)cc1. The molecule has 0 spiro atoms. The lowest BCUT2D eigenvalue weighted by Crippen LogP contribution is -2.13. The number of fused-ring (bicyclic) bond motifs is 1. The van der Waals surface area contributed by atoms with Crippen LogP contribution in [0, 0.1) is 0 Å². The number of nitrogens with one attached hydrogen (secondary N) is 1. The lowest BCUT2D eigenvalue weighted by atomic mass is 9.86. The maximum atomic E-state index is 3.63. The van der Waals surface area contributed by atoms with Crippen molar-refractivity contribution in [3.05, 3.63) is 121 Å². The molecule has 33 heavy (non-hydrogen) atoms. The van der Waals surface area contributed by atoms with E-state index in [4.69, 9.17) is 0 Å². The molecule has 0 saturated carbocycles. The van der Waals surface area contributed by atoms with Crippen molar-refractivity contribution in [2.75, 3.05) is 5.32 Å². The van der Waals surface area contributed by atoms with Gasteiger partial charge in [0.15, 0.2) is 0 Å². The van der Waals surface area contributed by atoms with Crippen LogP contribution in [0.4, 0.5) is 11.4 Å². The molecule has 0 unspecified atom stereocenters. The molecule has 0 aliphatic heterocycles. The van der Waals surface area contributed by atoms with Crippen LogP contribution in [0.3, 0.4) is 0 Å². The van der Waals surface area contributed by atoms with E-state index >= 15 is 0 Å². The molecule has 0 fully saturated rings. The van der Waals surface area contributed by atoms with Crippen LogP contribution in [0.5, 0.6) is 0 Å². The Labute approximate surface area is 196 Å². The minimum atomic E-state index is 0.0863. The number of para-hydroxylation sites is 1. The van der Waals surface area contributed by atoms with E-state index in [-0.39, 0.29) is 5.41 Å². The number of hydrogen-bond donors (Lipinski definition) is 1. The highest BCUT2D eigenvalue weighted by Crippen LogP contribution is 2.36. The zero-order chi connectivity index (χ0) is 22.8. The van der Waals surface area contributed by atoms with Gasteiger partial charge in [0.2, 0.25) is 0 Å². The molecule has 0 amide bonds. The van der Waals surface area contributed by atoms with E-state index in [0.29, 0.717) is 0 Å². The fourth-order valence-electron chi connectivity index (χ4n) is 4.55. The van der Waals surface area contributed by atoms with Gasteiger partial charge in [0.25, 0.3) is 0 Å². The highest BCUT2D eigenvalue weighted by molar-refractivity contribution is 6.05. The van der Waals surface area contributed by atoms with E-state index in [1.54, 1.807) is 0 Å². The third kappa shape index (κ3) is 4.27. The predicted octanol–water partition coefficient (Wildman–Crippen LogP) is 9.21. The molecule has 1 N–H and O–H groups in total. The van der Waals surface area contributed by atoms with Crippen molar-refractivity contribution in [2.45, 2.75) is 26.2 Å². The Balaban J connectivity index is 1.50. The lowest BCUT2D eigenvalue weighted by molar-refractivity contribution is 0.592. The number of benzene rings is 5. The van der Waals surface area contributed by atoms with E-state index in [0.717, 1.165) is 11.4 Å². The summed E-state index contributed by atoms with van der Waals surface area (Å²) in [6.07, 6.45) is 0. The molecule has 0 radical (unpaired) electrons. The van der Waals surface area contributed by atoms with Gasteiger partial charge >= 0.3 is 0 Å². The second-order valence-corrected chi connectivity index (χ2v) is 9.57. The molecule has 0 aromatic heterocycles. The monoisotopic (exact) mass is 427 g/mol. The van der Waals surface area contributed by atoms with Crippen LogP contribution in [-0.4, -0.2) is 0 Å². The quantitative estimate of drug-likeness (QED) is 0.301. The smallest absolute Gasteiger partial charge is 0.0422 e. The summed E-state index contributed by atoms with van der Waals surface area (Å²) in [5, 5.41) is 6.18. The van der Waals surface area contributed by atoms with E-state index in [9.17, 15) is 0 Å².